The Balaban J connectivity index is 1.69. The van der Waals surface area contributed by atoms with Crippen LogP contribution in [0.25, 0.3) is 11.4 Å². The molecule has 5 nitrogen and oxygen atoms in total. The number of nitrogens with one attached hydrogen (secondary N) is 1. The van der Waals surface area contributed by atoms with Crippen molar-refractivity contribution in [2.45, 2.75) is 37.6 Å². The topological polar surface area (TPSA) is 59.8 Å². The molecule has 1 N–H and O–H groups in total. The van der Waals surface area contributed by atoms with Gasteiger partial charge in [0.2, 0.25) is 5.91 Å². The largest absolute Gasteiger partial charge is 0.325 e. The molecule has 0 spiro atoms. The fraction of sp³-hybridized carbons (Fsp3) is 0.286. The Kier molecular flexibility index (Phi) is 5.96. The van der Waals surface area contributed by atoms with E-state index in [4.69, 9.17) is 0 Å². The molecule has 140 valence electrons. The number of hydrogen-bond donors (Lipinski definition) is 1. The van der Waals surface area contributed by atoms with Crippen molar-refractivity contribution in [1.82, 2.24) is 14.8 Å². The minimum absolute atomic E-state index is 0.0512. The highest BCUT2D eigenvalue weighted by Gasteiger charge is 2.20. The number of aryl methyl sites for hydroxylation is 2. The van der Waals surface area contributed by atoms with Gasteiger partial charge in [0.05, 0.1) is 5.25 Å². The Labute approximate surface area is 164 Å². The Morgan fingerprint density at radius 3 is 2.52 bits per heavy atom. The van der Waals surface area contributed by atoms with Gasteiger partial charge in [-0.05, 0) is 43.5 Å². The van der Waals surface area contributed by atoms with Crippen molar-refractivity contribution in [2.24, 2.45) is 7.05 Å². The third kappa shape index (κ3) is 4.39. The van der Waals surface area contributed by atoms with E-state index in [0.29, 0.717) is 0 Å². The zero-order chi connectivity index (χ0) is 19.4. The smallest absolute Gasteiger partial charge is 0.237 e. The highest BCUT2D eigenvalue weighted by molar-refractivity contribution is 8.00. The van der Waals surface area contributed by atoms with Gasteiger partial charge in [0.25, 0.3) is 0 Å². The summed E-state index contributed by atoms with van der Waals surface area (Å²) in [5, 5.41) is 12.0. The fourth-order valence-electron chi connectivity index (χ4n) is 2.76. The van der Waals surface area contributed by atoms with Crippen LogP contribution in [-0.4, -0.2) is 25.9 Å². The number of rotatable bonds is 6. The highest BCUT2D eigenvalue weighted by atomic mass is 32.2. The second kappa shape index (κ2) is 8.39. The number of hydrogen-bond acceptors (Lipinski definition) is 4. The van der Waals surface area contributed by atoms with E-state index in [1.54, 1.807) is 0 Å². The molecule has 0 aliphatic heterocycles. The number of benzene rings is 2. The summed E-state index contributed by atoms with van der Waals surface area (Å²) in [5.41, 5.74) is 4.25. The number of nitrogens with zero attached hydrogens (tertiary/aromatic N) is 3. The van der Waals surface area contributed by atoms with Crippen molar-refractivity contribution >= 4 is 23.4 Å². The lowest BCUT2D eigenvalue weighted by Crippen LogP contribution is -2.22. The number of thioether (sulfide) groups is 1. The summed E-state index contributed by atoms with van der Waals surface area (Å²) >= 11 is 1.40. The summed E-state index contributed by atoms with van der Waals surface area (Å²) in [7, 11) is 1.93. The second-order valence-corrected chi connectivity index (χ2v) is 7.79. The third-order valence-electron chi connectivity index (χ3n) is 4.50. The lowest BCUT2D eigenvalue weighted by Gasteiger charge is -2.12. The fourth-order valence-corrected chi connectivity index (χ4v) is 3.57. The summed E-state index contributed by atoms with van der Waals surface area (Å²) < 4.78 is 1.94. The van der Waals surface area contributed by atoms with Gasteiger partial charge < -0.3 is 9.88 Å². The molecular weight excluding hydrogens is 356 g/mol. The molecule has 0 fully saturated rings. The molecule has 0 aliphatic rings. The van der Waals surface area contributed by atoms with Crippen molar-refractivity contribution < 1.29 is 4.79 Å². The minimum atomic E-state index is -0.288. The molecule has 1 amide bonds. The van der Waals surface area contributed by atoms with Crippen molar-refractivity contribution in [3.05, 3.63) is 59.7 Å². The monoisotopic (exact) mass is 380 g/mol. The van der Waals surface area contributed by atoms with E-state index in [9.17, 15) is 4.79 Å². The van der Waals surface area contributed by atoms with Gasteiger partial charge in [-0.2, -0.15) is 0 Å². The number of anilines is 1. The van der Waals surface area contributed by atoms with Gasteiger partial charge in [0, 0.05) is 18.3 Å². The summed E-state index contributed by atoms with van der Waals surface area (Å²) in [6.07, 6.45) is 0.982. The van der Waals surface area contributed by atoms with Gasteiger partial charge in [-0.1, -0.05) is 55.1 Å². The molecule has 0 saturated carbocycles. The predicted molar refractivity (Wildman–Crippen MR) is 111 cm³/mol. The quantitative estimate of drug-likeness (QED) is 0.641. The molecule has 1 unspecified atom stereocenters. The Morgan fingerprint density at radius 2 is 1.85 bits per heavy atom. The van der Waals surface area contributed by atoms with E-state index in [1.165, 1.54) is 17.3 Å². The first-order chi connectivity index (χ1) is 13.0. The van der Waals surface area contributed by atoms with Crippen LogP contribution in [0.5, 0.6) is 0 Å². The average Bonchev–Trinajstić information content (AvgIpc) is 3.03. The van der Waals surface area contributed by atoms with Crippen molar-refractivity contribution in [3.8, 4) is 11.4 Å². The van der Waals surface area contributed by atoms with Crippen LogP contribution < -0.4 is 5.32 Å². The van der Waals surface area contributed by atoms with Gasteiger partial charge in [0.1, 0.15) is 0 Å². The van der Waals surface area contributed by atoms with Gasteiger partial charge in [-0.25, -0.2) is 0 Å². The molecule has 6 heteroatoms. The van der Waals surface area contributed by atoms with Crippen LogP contribution in [0.1, 0.15) is 25.0 Å². The molecule has 1 heterocycles. The molecule has 3 aromatic rings. The Morgan fingerprint density at radius 1 is 1.15 bits per heavy atom. The van der Waals surface area contributed by atoms with E-state index < -0.39 is 0 Å². The molecule has 0 bridgehead atoms. The molecule has 27 heavy (non-hydrogen) atoms. The van der Waals surface area contributed by atoms with Crippen LogP contribution in [0.4, 0.5) is 5.69 Å². The van der Waals surface area contributed by atoms with E-state index in [1.807, 2.05) is 61.0 Å². The summed E-state index contributed by atoms with van der Waals surface area (Å²) in [6.45, 7) is 6.04. The van der Waals surface area contributed by atoms with E-state index in [2.05, 4.69) is 35.4 Å². The summed E-state index contributed by atoms with van der Waals surface area (Å²) in [5.74, 6) is 0.753. The van der Waals surface area contributed by atoms with Gasteiger partial charge >= 0.3 is 0 Å². The first-order valence-electron chi connectivity index (χ1n) is 9.01. The molecule has 1 aromatic heterocycles. The molecule has 0 radical (unpaired) electrons. The molecule has 2 aromatic carbocycles. The van der Waals surface area contributed by atoms with Crippen LogP contribution in [0.15, 0.2) is 53.7 Å². The first kappa shape index (κ1) is 19.2. The van der Waals surface area contributed by atoms with E-state index >= 15 is 0 Å². The Hall–Kier alpha value is -2.60. The van der Waals surface area contributed by atoms with Gasteiger partial charge in [-0.15, -0.1) is 10.2 Å². The van der Waals surface area contributed by atoms with E-state index in [0.717, 1.165) is 34.2 Å². The van der Waals surface area contributed by atoms with E-state index in [-0.39, 0.29) is 11.2 Å². The maximum Gasteiger partial charge on any atom is 0.237 e. The third-order valence-corrected chi connectivity index (χ3v) is 5.64. The summed E-state index contributed by atoms with van der Waals surface area (Å²) in [6, 6.07) is 16.0. The summed E-state index contributed by atoms with van der Waals surface area (Å²) in [4.78, 5) is 12.5. The van der Waals surface area contributed by atoms with Crippen LogP contribution in [0.3, 0.4) is 0 Å². The number of carbonyl (C=O) groups is 1. The normalized spacial score (nSPS) is 12.0. The van der Waals surface area contributed by atoms with Crippen LogP contribution in [0, 0.1) is 6.92 Å². The average molecular weight is 381 g/mol. The second-order valence-electron chi connectivity index (χ2n) is 6.48. The maximum atomic E-state index is 12.5. The lowest BCUT2D eigenvalue weighted by atomic mass is 10.1. The molecule has 0 saturated heterocycles. The van der Waals surface area contributed by atoms with Gasteiger partial charge in [0.15, 0.2) is 11.0 Å². The number of carbonyl (C=O) groups excluding carboxylic acids is 1. The number of aromatic nitrogens is 3. The Bertz CT molecular complexity index is 934. The minimum Gasteiger partial charge on any atom is -0.325 e. The molecule has 1 atom stereocenters. The maximum absolute atomic E-state index is 12.5. The van der Waals surface area contributed by atoms with Crippen LogP contribution >= 0.6 is 11.8 Å². The van der Waals surface area contributed by atoms with Crippen LogP contribution in [0.2, 0.25) is 0 Å². The highest BCUT2D eigenvalue weighted by Crippen LogP contribution is 2.27. The van der Waals surface area contributed by atoms with Crippen molar-refractivity contribution in [1.29, 1.82) is 0 Å². The zero-order valence-electron chi connectivity index (χ0n) is 16.1. The predicted octanol–water partition coefficient (Wildman–Crippen LogP) is 4.47. The number of amides is 1. The first-order valence-corrected chi connectivity index (χ1v) is 9.89. The van der Waals surface area contributed by atoms with Crippen molar-refractivity contribution in [2.75, 3.05) is 5.32 Å². The molecular formula is C21H24N4OS. The zero-order valence-corrected chi connectivity index (χ0v) is 16.9. The molecule has 3 rings (SSSR count). The SMILES string of the molecule is CCc1ccc(NC(=O)C(C)Sc2nnc(-c3ccccc3C)n2C)cc1. The van der Waals surface area contributed by atoms with Gasteiger partial charge in [-0.3, -0.25) is 4.79 Å². The lowest BCUT2D eigenvalue weighted by molar-refractivity contribution is -0.115. The molecule has 0 aliphatic carbocycles. The van der Waals surface area contributed by atoms with Crippen molar-refractivity contribution in [3.63, 3.8) is 0 Å². The standard InChI is InChI=1S/C21H24N4OS/c1-5-16-10-12-17(13-11-16)22-20(26)15(3)27-21-24-23-19(25(21)4)18-9-7-6-8-14(18)2/h6-13,15H,5H2,1-4H3,(H,22,26). The van der Waals surface area contributed by atoms with Crippen LogP contribution in [-0.2, 0) is 18.3 Å².